The molecule has 44 heavy (non-hydrogen) atoms. The van der Waals surface area contributed by atoms with Crippen LogP contribution < -0.4 is 41.7 Å². The molecule has 0 aliphatic carbocycles. The first-order chi connectivity index (χ1) is 19.9. The van der Waals surface area contributed by atoms with Crippen LogP contribution in [0.2, 0.25) is 0 Å². The van der Waals surface area contributed by atoms with Crippen LogP contribution in [0.15, 0.2) is 108 Å². The van der Waals surface area contributed by atoms with Crippen LogP contribution in [-0.2, 0) is 33.9 Å². The van der Waals surface area contributed by atoms with E-state index in [0.717, 1.165) is 5.69 Å². The fraction of sp³-hybridized carbons (Fsp3) is 0.250. The van der Waals surface area contributed by atoms with Gasteiger partial charge in [-0.25, -0.2) is 0 Å². The standard InChI is InChI=1S/C14H15N7.2C9H13N.2ClH.Pt/c15-13(16)9-1-5-11(6-2-9)19-21-20-12-7-3-10(4-8-12)14(17)18;2*1-2-3-5-9-6-4-7-10-8-9;;;/h1-8H,(H3,15,16)(H3,17,18)(H,19,20);2*4,6-8H,2-3,5H2,1H3;2*1H;/q;;;;;+2/p-2. The van der Waals surface area contributed by atoms with E-state index >= 15 is 0 Å². The Balaban J connectivity index is 0. The smallest absolute Gasteiger partial charge is 1.00 e. The number of benzene rings is 2. The van der Waals surface area contributed by atoms with Gasteiger partial charge in [0.25, 0.3) is 0 Å². The molecule has 0 unspecified atom stereocenters. The van der Waals surface area contributed by atoms with Crippen molar-refractivity contribution in [3.8, 4) is 0 Å². The van der Waals surface area contributed by atoms with Gasteiger partial charge in [-0.15, -0.1) is 5.11 Å². The Hall–Kier alpha value is -3.65. The minimum absolute atomic E-state index is 0. The van der Waals surface area contributed by atoms with Crippen molar-refractivity contribution < 1.29 is 45.9 Å². The van der Waals surface area contributed by atoms with Crippen LogP contribution in [0.25, 0.3) is 0 Å². The number of rotatable bonds is 11. The van der Waals surface area contributed by atoms with Crippen molar-refractivity contribution in [2.24, 2.45) is 21.8 Å². The van der Waals surface area contributed by atoms with E-state index in [1.165, 1.54) is 49.7 Å². The average molecular weight is 818 g/mol. The first-order valence-electron chi connectivity index (χ1n) is 13.8. The van der Waals surface area contributed by atoms with E-state index in [9.17, 15) is 0 Å². The van der Waals surface area contributed by atoms with Crippen LogP contribution in [0, 0.1) is 10.8 Å². The Labute approximate surface area is 287 Å². The number of nitrogen functional groups attached to an aromatic ring is 2. The Morgan fingerprint density at radius 3 is 1.50 bits per heavy atom. The Morgan fingerprint density at radius 1 is 0.705 bits per heavy atom. The van der Waals surface area contributed by atoms with E-state index in [1.807, 2.05) is 36.9 Å². The largest absolute Gasteiger partial charge is 2.00 e. The molecule has 0 atom stereocenters. The molecule has 2 aromatic heterocycles. The van der Waals surface area contributed by atoms with Gasteiger partial charge in [0, 0.05) is 35.9 Å². The summed E-state index contributed by atoms with van der Waals surface area (Å²) >= 11 is 0. The Kier molecular flexibility index (Phi) is 24.9. The molecular weight excluding hydrogens is 776 g/mol. The van der Waals surface area contributed by atoms with Crippen molar-refractivity contribution in [2.75, 3.05) is 5.43 Å². The fourth-order valence-corrected chi connectivity index (χ4v) is 3.43. The molecule has 0 bridgehead atoms. The molecule has 0 radical (unpaired) electrons. The number of hydrogen-bond donors (Lipinski definition) is 5. The van der Waals surface area contributed by atoms with E-state index in [1.54, 1.807) is 48.5 Å². The molecule has 0 amide bonds. The molecule has 9 nitrogen and oxygen atoms in total. The second-order valence-corrected chi connectivity index (χ2v) is 9.19. The van der Waals surface area contributed by atoms with E-state index < -0.39 is 0 Å². The van der Waals surface area contributed by atoms with E-state index in [-0.39, 0.29) is 57.6 Å². The van der Waals surface area contributed by atoms with Gasteiger partial charge in [0.05, 0.1) is 11.4 Å². The second-order valence-electron chi connectivity index (χ2n) is 9.19. The summed E-state index contributed by atoms with van der Waals surface area (Å²) in [5, 5.41) is 22.4. The normalized spacial score (nSPS) is 9.41. The van der Waals surface area contributed by atoms with Gasteiger partial charge in [-0.2, -0.15) is 0 Å². The molecule has 2 heterocycles. The Bertz CT molecular complexity index is 1280. The van der Waals surface area contributed by atoms with Gasteiger partial charge in [0.1, 0.15) is 11.7 Å². The summed E-state index contributed by atoms with van der Waals surface area (Å²) in [6.45, 7) is 4.41. The number of halogens is 2. The number of nitrogens with two attached hydrogens (primary N) is 2. The van der Waals surface area contributed by atoms with Gasteiger partial charge in [0.2, 0.25) is 0 Å². The number of pyridine rings is 2. The molecule has 0 saturated heterocycles. The quantitative estimate of drug-likeness (QED) is 0.0665. The number of aromatic nitrogens is 2. The Morgan fingerprint density at radius 2 is 1.14 bits per heavy atom. The summed E-state index contributed by atoms with van der Waals surface area (Å²) in [6, 6.07) is 22.1. The number of hydrogen-bond acceptors (Lipinski definition) is 6. The molecule has 0 saturated carbocycles. The zero-order valence-corrected chi connectivity index (χ0v) is 28.8. The molecule has 7 N–H and O–H groups in total. The zero-order chi connectivity index (χ0) is 29.7. The molecule has 0 aliphatic heterocycles. The van der Waals surface area contributed by atoms with Crippen molar-refractivity contribution in [1.82, 2.24) is 9.97 Å². The SMILES string of the molecule is CCCCc1cccnc1.CCCCc1cccnc1.N=C(N)c1ccc(N=NNc2ccc(C(=N)N)cc2)cc1.[Cl-].[Cl-].[Pt+2]. The maximum atomic E-state index is 7.30. The number of anilines is 1. The zero-order valence-electron chi connectivity index (χ0n) is 25.0. The monoisotopic (exact) mass is 816 g/mol. The van der Waals surface area contributed by atoms with Gasteiger partial charge in [-0.1, -0.05) is 44.0 Å². The molecule has 2 aromatic carbocycles. The van der Waals surface area contributed by atoms with Crippen molar-refractivity contribution in [3.05, 3.63) is 120 Å². The van der Waals surface area contributed by atoms with E-state index in [0.29, 0.717) is 16.8 Å². The van der Waals surface area contributed by atoms with Crippen molar-refractivity contribution in [1.29, 1.82) is 10.8 Å². The maximum Gasteiger partial charge on any atom is 2.00 e. The molecule has 238 valence electrons. The topological polar surface area (TPSA) is 162 Å². The van der Waals surface area contributed by atoms with E-state index in [4.69, 9.17) is 22.3 Å². The number of nitrogens with zero attached hydrogens (tertiary/aromatic N) is 4. The second kappa shape index (κ2) is 25.8. The van der Waals surface area contributed by atoms with Gasteiger partial charge < -0.3 is 36.3 Å². The van der Waals surface area contributed by atoms with Crippen molar-refractivity contribution in [3.63, 3.8) is 0 Å². The first kappa shape index (κ1) is 42.5. The summed E-state index contributed by atoms with van der Waals surface area (Å²) in [5.74, 6) is 0.0379. The minimum Gasteiger partial charge on any atom is -1.00 e. The summed E-state index contributed by atoms with van der Waals surface area (Å²) in [6.07, 6.45) is 14.9. The van der Waals surface area contributed by atoms with Crippen LogP contribution in [0.1, 0.15) is 61.8 Å². The maximum absolute atomic E-state index is 7.30. The third kappa shape index (κ3) is 18.1. The van der Waals surface area contributed by atoms with Gasteiger partial charge in [-0.3, -0.25) is 26.2 Å². The third-order valence-electron chi connectivity index (χ3n) is 5.80. The van der Waals surface area contributed by atoms with Gasteiger partial charge in [-0.05, 0) is 97.5 Å². The predicted octanol–water partition coefficient (Wildman–Crippen LogP) is 1.22. The molecule has 4 aromatic rings. The van der Waals surface area contributed by atoms with Gasteiger partial charge in [0.15, 0.2) is 0 Å². The molecule has 12 heteroatoms. The van der Waals surface area contributed by atoms with Crippen LogP contribution in [0.5, 0.6) is 0 Å². The van der Waals surface area contributed by atoms with Crippen LogP contribution in [-0.4, -0.2) is 21.6 Å². The summed E-state index contributed by atoms with van der Waals surface area (Å²) < 4.78 is 0. The van der Waals surface area contributed by atoms with Crippen LogP contribution in [0.3, 0.4) is 0 Å². The minimum atomic E-state index is 0. The third-order valence-corrected chi connectivity index (χ3v) is 5.80. The number of unbranched alkanes of at least 4 members (excludes halogenated alkanes) is 2. The molecule has 0 aliphatic rings. The van der Waals surface area contributed by atoms with Crippen molar-refractivity contribution >= 4 is 23.0 Å². The molecule has 4 rings (SSSR count). The van der Waals surface area contributed by atoms with Crippen molar-refractivity contribution in [2.45, 2.75) is 52.4 Å². The molecule has 0 fully saturated rings. The summed E-state index contributed by atoms with van der Waals surface area (Å²) in [5.41, 5.74) is 18.9. The van der Waals surface area contributed by atoms with Crippen LogP contribution >= 0.6 is 0 Å². The average Bonchev–Trinajstić information content (AvgIpc) is 3.01. The van der Waals surface area contributed by atoms with Gasteiger partial charge >= 0.3 is 21.1 Å². The predicted molar refractivity (Wildman–Crippen MR) is 169 cm³/mol. The van der Waals surface area contributed by atoms with Crippen LogP contribution in [0.4, 0.5) is 11.4 Å². The summed E-state index contributed by atoms with van der Waals surface area (Å²) in [7, 11) is 0. The molecule has 0 spiro atoms. The molecular formula is C32H41Cl2N9Pt. The first-order valence-corrected chi connectivity index (χ1v) is 13.8. The number of amidine groups is 2. The number of nitrogens with one attached hydrogen (secondary N) is 3. The number of aryl methyl sites for hydroxylation is 2. The summed E-state index contributed by atoms with van der Waals surface area (Å²) in [4.78, 5) is 8.08. The van der Waals surface area contributed by atoms with E-state index in [2.05, 4.69) is 51.7 Å². The fourth-order valence-electron chi connectivity index (χ4n) is 3.43.